The molecule has 1 aromatic heterocycles. The molecule has 0 aliphatic rings. The fourth-order valence-electron chi connectivity index (χ4n) is 2.38. The maximum absolute atomic E-state index is 10.5. The van der Waals surface area contributed by atoms with Crippen LogP contribution in [-0.4, -0.2) is 11.3 Å². The highest BCUT2D eigenvalue weighted by atomic mass is 16.4. The predicted octanol–water partition coefficient (Wildman–Crippen LogP) is 4.53. The zero-order valence-electron chi connectivity index (χ0n) is 12.2. The molecule has 0 bridgehead atoms. The summed E-state index contributed by atoms with van der Waals surface area (Å²) < 4.78 is 5.97. The number of unbranched alkanes of at least 4 members (excludes halogenated alkanes) is 1. The van der Waals surface area contributed by atoms with E-state index in [1.807, 2.05) is 60.7 Å². The molecule has 0 saturated carbocycles. The van der Waals surface area contributed by atoms with Gasteiger partial charge >= 0.3 is 0 Å². The molecule has 0 atom stereocenters. The van der Waals surface area contributed by atoms with E-state index < -0.39 is 0 Å². The monoisotopic (exact) mass is 291 g/mol. The summed E-state index contributed by atoms with van der Waals surface area (Å²) in [6.45, 7) is 0. The molecule has 3 heteroatoms. The lowest BCUT2D eigenvalue weighted by molar-refractivity contribution is -0.107. The van der Waals surface area contributed by atoms with Gasteiger partial charge in [-0.15, -0.1) is 0 Å². The Kier molecular flexibility index (Phi) is 4.44. The van der Waals surface area contributed by atoms with Crippen molar-refractivity contribution in [3.63, 3.8) is 0 Å². The molecular weight excluding hydrogens is 274 g/mol. The Labute approximate surface area is 129 Å². The molecule has 0 spiro atoms. The van der Waals surface area contributed by atoms with Gasteiger partial charge in [-0.05, 0) is 6.42 Å². The van der Waals surface area contributed by atoms with Gasteiger partial charge in [0.05, 0.1) is 0 Å². The number of carbonyl (C=O) groups is 1. The fourth-order valence-corrected chi connectivity index (χ4v) is 2.38. The Morgan fingerprint density at radius 1 is 0.909 bits per heavy atom. The molecule has 0 N–H and O–H groups in total. The van der Waals surface area contributed by atoms with E-state index in [-0.39, 0.29) is 0 Å². The van der Waals surface area contributed by atoms with Crippen molar-refractivity contribution in [1.29, 1.82) is 0 Å². The van der Waals surface area contributed by atoms with Crippen LogP contribution in [0.15, 0.2) is 65.1 Å². The molecule has 3 aromatic rings. The Morgan fingerprint density at radius 2 is 1.55 bits per heavy atom. The summed E-state index contributed by atoms with van der Waals surface area (Å²) in [6, 6.07) is 20.0. The number of oxazole rings is 1. The number of aldehydes is 1. The second-order valence-electron chi connectivity index (χ2n) is 5.08. The molecule has 3 nitrogen and oxygen atoms in total. The van der Waals surface area contributed by atoms with Gasteiger partial charge in [0.25, 0.3) is 0 Å². The van der Waals surface area contributed by atoms with E-state index >= 15 is 0 Å². The lowest BCUT2D eigenvalue weighted by Gasteiger charge is -2.00. The van der Waals surface area contributed by atoms with E-state index in [1.165, 1.54) is 0 Å². The number of hydrogen-bond donors (Lipinski definition) is 0. The highest BCUT2D eigenvalue weighted by molar-refractivity contribution is 5.76. The lowest BCUT2D eigenvalue weighted by atomic mass is 10.1. The first-order valence-corrected chi connectivity index (χ1v) is 7.42. The molecule has 0 unspecified atom stereocenters. The van der Waals surface area contributed by atoms with E-state index in [1.54, 1.807) is 0 Å². The maximum atomic E-state index is 10.5. The van der Waals surface area contributed by atoms with Crippen molar-refractivity contribution in [3.05, 3.63) is 66.6 Å². The number of benzene rings is 2. The second kappa shape index (κ2) is 6.85. The number of aromatic nitrogens is 1. The summed E-state index contributed by atoms with van der Waals surface area (Å²) in [7, 11) is 0. The van der Waals surface area contributed by atoms with E-state index in [4.69, 9.17) is 4.42 Å². The van der Waals surface area contributed by atoms with E-state index in [9.17, 15) is 4.79 Å². The van der Waals surface area contributed by atoms with Crippen LogP contribution in [0.3, 0.4) is 0 Å². The summed E-state index contributed by atoms with van der Waals surface area (Å²) in [4.78, 5) is 15.1. The topological polar surface area (TPSA) is 43.1 Å². The number of nitrogens with zero attached hydrogens (tertiary/aromatic N) is 1. The van der Waals surface area contributed by atoms with Crippen molar-refractivity contribution in [1.82, 2.24) is 4.98 Å². The van der Waals surface area contributed by atoms with Gasteiger partial charge in [0.15, 0.2) is 11.7 Å². The normalized spacial score (nSPS) is 10.5. The van der Waals surface area contributed by atoms with Crippen LogP contribution in [0.25, 0.3) is 22.6 Å². The highest BCUT2D eigenvalue weighted by Gasteiger charge is 2.16. The van der Waals surface area contributed by atoms with Crippen molar-refractivity contribution in [3.8, 4) is 22.6 Å². The maximum Gasteiger partial charge on any atom is 0.195 e. The van der Waals surface area contributed by atoms with Gasteiger partial charge in [0, 0.05) is 24.0 Å². The first-order chi connectivity index (χ1) is 10.9. The minimum absolute atomic E-state index is 0.531. The summed E-state index contributed by atoms with van der Waals surface area (Å²) in [6.07, 6.45) is 2.89. The van der Waals surface area contributed by atoms with Crippen molar-refractivity contribution in [2.24, 2.45) is 0 Å². The van der Waals surface area contributed by atoms with Crippen molar-refractivity contribution in [2.75, 3.05) is 0 Å². The Morgan fingerprint density at radius 3 is 2.18 bits per heavy atom. The van der Waals surface area contributed by atoms with E-state index in [0.29, 0.717) is 18.7 Å². The quantitative estimate of drug-likeness (QED) is 0.495. The number of hydrogen-bond acceptors (Lipinski definition) is 3. The summed E-state index contributed by atoms with van der Waals surface area (Å²) in [5.74, 6) is 1.47. The third kappa shape index (κ3) is 3.14. The average Bonchev–Trinajstić information content (AvgIpc) is 3.01. The largest absolute Gasteiger partial charge is 0.440 e. The average molecular weight is 291 g/mol. The van der Waals surface area contributed by atoms with E-state index in [2.05, 4.69) is 4.98 Å². The van der Waals surface area contributed by atoms with Gasteiger partial charge in [-0.1, -0.05) is 60.7 Å². The molecule has 22 heavy (non-hydrogen) atoms. The van der Waals surface area contributed by atoms with Crippen LogP contribution in [0, 0.1) is 0 Å². The minimum atomic E-state index is 0.531. The Hall–Kier alpha value is -2.68. The van der Waals surface area contributed by atoms with Crippen LogP contribution < -0.4 is 0 Å². The van der Waals surface area contributed by atoms with Crippen molar-refractivity contribution in [2.45, 2.75) is 19.3 Å². The van der Waals surface area contributed by atoms with Gasteiger partial charge < -0.3 is 9.21 Å². The van der Waals surface area contributed by atoms with Crippen LogP contribution in [0.2, 0.25) is 0 Å². The summed E-state index contributed by atoms with van der Waals surface area (Å²) in [5, 5.41) is 0. The fraction of sp³-hybridized carbons (Fsp3) is 0.158. The number of carbonyl (C=O) groups excluding carboxylic acids is 1. The SMILES string of the molecule is O=CCCCc1nc(-c2ccccc2)c(-c2ccccc2)o1. The summed E-state index contributed by atoms with van der Waals surface area (Å²) in [5.41, 5.74) is 2.90. The van der Waals surface area contributed by atoms with Crippen LogP contribution in [0.4, 0.5) is 0 Å². The molecule has 2 aromatic carbocycles. The zero-order valence-corrected chi connectivity index (χ0v) is 12.2. The molecular formula is C19H17NO2. The highest BCUT2D eigenvalue weighted by Crippen LogP contribution is 2.32. The van der Waals surface area contributed by atoms with Crippen LogP contribution in [0.1, 0.15) is 18.7 Å². The number of rotatable bonds is 6. The third-order valence-corrected chi connectivity index (χ3v) is 3.47. The van der Waals surface area contributed by atoms with Gasteiger partial charge in [-0.3, -0.25) is 0 Å². The van der Waals surface area contributed by atoms with Crippen LogP contribution in [-0.2, 0) is 11.2 Å². The molecule has 0 saturated heterocycles. The van der Waals surface area contributed by atoms with Gasteiger partial charge in [0.2, 0.25) is 0 Å². The van der Waals surface area contributed by atoms with Gasteiger partial charge in [0.1, 0.15) is 12.0 Å². The van der Waals surface area contributed by atoms with E-state index in [0.717, 1.165) is 35.3 Å². The van der Waals surface area contributed by atoms with Gasteiger partial charge in [-0.25, -0.2) is 4.98 Å². The molecule has 1 heterocycles. The molecule has 0 aliphatic heterocycles. The second-order valence-corrected chi connectivity index (χ2v) is 5.08. The third-order valence-electron chi connectivity index (χ3n) is 3.47. The first-order valence-electron chi connectivity index (χ1n) is 7.42. The zero-order chi connectivity index (χ0) is 15.2. The molecule has 0 amide bonds. The van der Waals surface area contributed by atoms with Crippen LogP contribution in [0.5, 0.6) is 0 Å². The smallest absolute Gasteiger partial charge is 0.195 e. The molecule has 110 valence electrons. The standard InChI is InChI=1S/C19H17NO2/c21-14-8-7-13-17-20-18(15-9-3-1-4-10-15)19(22-17)16-11-5-2-6-12-16/h1-6,9-12,14H,7-8,13H2. The Balaban J connectivity index is 2.01. The lowest BCUT2D eigenvalue weighted by Crippen LogP contribution is -1.86. The summed E-state index contributed by atoms with van der Waals surface area (Å²) >= 11 is 0. The van der Waals surface area contributed by atoms with Crippen molar-refractivity contribution < 1.29 is 9.21 Å². The Bertz CT molecular complexity index is 676. The molecule has 0 aliphatic carbocycles. The minimum Gasteiger partial charge on any atom is -0.440 e. The molecule has 0 fully saturated rings. The van der Waals surface area contributed by atoms with Crippen LogP contribution >= 0.6 is 0 Å². The van der Waals surface area contributed by atoms with Crippen molar-refractivity contribution >= 4 is 6.29 Å². The molecule has 3 rings (SSSR count). The first kappa shape index (κ1) is 14.3. The van der Waals surface area contributed by atoms with Gasteiger partial charge in [-0.2, -0.15) is 0 Å². The molecule has 0 radical (unpaired) electrons. The number of aryl methyl sites for hydroxylation is 1. The predicted molar refractivity (Wildman–Crippen MR) is 86.4 cm³/mol.